The van der Waals surface area contributed by atoms with Crippen molar-refractivity contribution in [3.05, 3.63) is 54.1 Å². The van der Waals surface area contributed by atoms with Gasteiger partial charge in [0.1, 0.15) is 0 Å². The van der Waals surface area contributed by atoms with Gasteiger partial charge < -0.3 is 0 Å². The largest absolute Gasteiger partial charge is 0.274 e. The number of rotatable bonds is 1. The number of imide groups is 1. The zero-order valence-electron chi connectivity index (χ0n) is 13.1. The lowest BCUT2D eigenvalue weighted by Crippen LogP contribution is -2.47. The van der Waals surface area contributed by atoms with Gasteiger partial charge in [-0.25, -0.2) is 0 Å². The van der Waals surface area contributed by atoms with Crippen LogP contribution in [0.15, 0.2) is 54.1 Å². The molecule has 2 amide bonds. The van der Waals surface area contributed by atoms with Crippen LogP contribution in [0.25, 0.3) is 0 Å². The Morgan fingerprint density at radius 3 is 2.21 bits per heavy atom. The van der Waals surface area contributed by atoms with E-state index in [9.17, 15) is 9.59 Å². The van der Waals surface area contributed by atoms with Crippen molar-refractivity contribution in [2.24, 2.45) is 53.3 Å². The van der Waals surface area contributed by atoms with Gasteiger partial charge in [-0.2, -0.15) is 0 Å². The molecule has 0 radical (unpaired) electrons. The Hall–Kier alpha value is -2.16. The van der Waals surface area contributed by atoms with Crippen LogP contribution < -0.4 is 4.90 Å². The fourth-order valence-corrected chi connectivity index (χ4v) is 7.64. The van der Waals surface area contributed by atoms with Gasteiger partial charge in [-0.15, -0.1) is 0 Å². The quantitative estimate of drug-likeness (QED) is 0.590. The topological polar surface area (TPSA) is 37.4 Å². The molecule has 3 heteroatoms. The van der Waals surface area contributed by atoms with Gasteiger partial charge in [0, 0.05) is 5.92 Å². The lowest BCUT2D eigenvalue weighted by Gasteiger charge is -2.50. The van der Waals surface area contributed by atoms with E-state index in [1.807, 2.05) is 30.3 Å². The van der Waals surface area contributed by atoms with Crippen molar-refractivity contribution < 1.29 is 9.59 Å². The van der Waals surface area contributed by atoms with E-state index in [0.29, 0.717) is 41.4 Å². The molecule has 1 saturated heterocycles. The van der Waals surface area contributed by atoms with Gasteiger partial charge in [-0.3, -0.25) is 14.5 Å². The normalized spacial score (nSPS) is 51.1. The smallest absolute Gasteiger partial charge is 0.238 e. The summed E-state index contributed by atoms with van der Waals surface area (Å²) in [5.41, 5.74) is 2.32. The van der Waals surface area contributed by atoms with Crippen LogP contribution in [0, 0.1) is 53.3 Å². The molecule has 7 aliphatic carbocycles. The number of carbonyl (C=O) groups is 2. The maximum absolute atomic E-state index is 13.2. The van der Waals surface area contributed by atoms with Crippen LogP contribution in [0.4, 0.5) is 5.69 Å². The van der Waals surface area contributed by atoms with Crippen molar-refractivity contribution in [2.45, 2.75) is 0 Å². The molecule has 8 aliphatic rings. The van der Waals surface area contributed by atoms with E-state index in [-0.39, 0.29) is 23.7 Å². The summed E-state index contributed by atoms with van der Waals surface area (Å²) in [7, 11) is 0. The minimum absolute atomic E-state index is 0.0624. The third kappa shape index (κ3) is 1.03. The molecule has 0 N–H and O–H groups in total. The van der Waals surface area contributed by atoms with E-state index in [1.165, 1.54) is 4.90 Å². The lowest BCUT2D eigenvalue weighted by atomic mass is 9.53. The van der Waals surface area contributed by atoms with Crippen molar-refractivity contribution in [3.8, 4) is 0 Å². The van der Waals surface area contributed by atoms with Crippen molar-refractivity contribution in [3.63, 3.8) is 0 Å². The SMILES string of the molecule is O=C1[C@@H]2[C@@H](C(=O)N1c1ccccc1)[C@@H]1[C@@H]3C4=C[C@H]5C=C[C@@H]4[C@H]1[C@@H]5[C@H]23. The average Bonchev–Trinajstić information content (AvgIpc) is 3.29. The van der Waals surface area contributed by atoms with Gasteiger partial charge in [0.25, 0.3) is 0 Å². The molecule has 3 saturated carbocycles. The highest BCUT2D eigenvalue weighted by atomic mass is 16.2. The van der Waals surface area contributed by atoms with Gasteiger partial charge in [-0.05, 0) is 47.6 Å². The average molecular weight is 315 g/mol. The van der Waals surface area contributed by atoms with Crippen LogP contribution in [-0.4, -0.2) is 11.8 Å². The predicted octanol–water partition coefficient (Wildman–Crippen LogP) is 2.66. The highest BCUT2D eigenvalue weighted by molar-refractivity contribution is 6.22. The number of para-hydroxylation sites is 1. The highest BCUT2D eigenvalue weighted by Crippen LogP contribution is 2.78. The molecule has 9 rings (SSSR count). The minimum atomic E-state index is -0.0624. The third-order valence-electron chi connectivity index (χ3n) is 7.96. The predicted molar refractivity (Wildman–Crippen MR) is 87.6 cm³/mol. The maximum atomic E-state index is 13.2. The molecule has 1 heterocycles. The molecule has 1 aliphatic heterocycles. The summed E-state index contributed by atoms with van der Waals surface area (Å²) in [6.45, 7) is 0. The molecular weight excluding hydrogens is 298 g/mol. The molecule has 0 aromatic heterocycles. The van der Waals surface area contributed by atoms with Crippen LogP contribution in [-0.2, 0) is 9.59 Å². The summed E-state index contributed by atoms with van der Waals surface area (Å²) < 4.78 is 0. The third-order valence-corrected chi connectivity index (χ3v) is 7.96. The Kier molecular flexibility index (Phi) is 1.83. The second-order valence-electron chi connectivity index (χ2n) is 8.39. The standard InChI is InChI=1S/C21H17NO2/c23-20-18-16-13-9-6-7-11-12(8-9)15(16)17(14(11)13)19(18)21(24)22(20)10-4-2-1-3-5-10/h1-9,11,13-19H/t9-,11+,13-,14+,15-,16+,17+,18+,19+/m1/s1. The Morgan fingerprint density at radius 1 is 0.750 bits per heavy atom. The van der Waals surface area contributed by atoms with Crippen molar-refractivity contribution in [2.75, 3.05) is 4.90 Å². The van der Waals surface area contributed by atoms with Crippen LogP contribution in [0.2, 0.25) is 0 Å². The van der Waals surface area contributed by atoms with Gasteiger partial charge in [0.2, 0.25) is 11.8 Å². The fraction of sp³-hybridized carbons (Fsp3) is 0.429. The summed E-state index contributed by atoms with van der Waals surface area (Å²) in [5.74, 6) is 3.71. The van der Waals surface area contributed by atoms with Crippen molar-refractivity contribution >= 4 is 17.5 Å². The van der Waals surface area contributed by atoms with Crippen LogP contribution in [0.1, 0.15) is 0 Å². The van der Waals surface area contributed by atoms with E-state index in [0.717, 1.165) is 5.69 Å². The number of amides is 2. The monoisotopic (exact) mass is 315 g/mol. The first-order valence-electron chi connectivity index (χ1n) is 9.10. The number of anilines is 1. The number of hydrogen-bond acceptors (Lipinski definition) is 2. The zero-order valence-corrected chi connectivity index (χ0v) is 13.1. The number of nitrogens with zero attached hydrogens (tertiary/aromatic N) is 1. The Bertz CT molecular complexity index is 854. The van der Waals surface area contributed by atoms with Crippen molar-refractivity contribution in [1.82, 2.24) is 0 Å². The number of carbonyl (C=O) groups excluding carboxylic acids is 2. The molecule has 1 aromatic rings. The first-order valence-corrected chi connectivity index (χ1v) is 9.10. The van der Waals surface area contributed by atoms with Crippen LogP contribution >= 0.6 is 0 Å². The fourth-order valence-electron chi connectivity index (χ4n) is 7.64. The van der Waals surface area contributed by atoms with E-state index in [4.69, 9.17) is 0 Å². The summed E-state index contributed by atoms with van der Waals surface area (Å²) in [6, 6.07) is 9.49. The summed E-state index contributed by atoms with van der Waals surface area (Å²) in [4.78, 5) is 27.9. The molecular formula is C21H17NO2. The van der Waals surface area contributed by atoms with E-state index in [1.54, 1.807) is 5.57 Å². The highest BCUT2D eigenvalue weighted by Gasteiger charge is 2.78. The lowest BCUT2D eigenvalue weighted by molar-refractivity contribution is -0.124. The Morgan fingerprint density at radius 2 is 1.46 bits per heavy atom. The molecule has 118 valence electrons. The number of hydrogen-bond donors (Lipinski definition) is 0. The minimum Gasteiger partial charge on any atom is -0.274 e. The first-order chi connectivity index (χ1) is 11.8. The molecule has 24 heavy (non-hydrogen) atoms. The van der Waals surface area contributed by atoms with Crippen LogP contribution in [0.5, 0.6) is 0 Å². The number of fused-ring (bicyclic) bond motifs is 1. The van der Waals surface area contributed by atoms with E-state index < -0.39 is 0 Å². The number of benzene rings is 1. The molecule has 9 atom stereocenters. The van der Waals surface area contributed by atoms with Gasteiger partial charge in [0.15, 0.2) is 0 Å². The number of allylic oxidation sites excluding steroid dienone is 4. The van der Waals surface area contributed by atoms with Gasteiger partial charge in [-0.1, -0.05) is 42.0 Å². The van der Waals surface area contributed by atoms with E-state index >= 15 is 0 Å². The second kappa shape index (κ2) is 3.58. The summed E-state index contributed by atoms with van der Waals surface area (Å²) in [5, 5.41) is 0. The Labute approximate surface area is 140 Å². The van der Waals surface area contributed by atoms with Gasteiger partial charge >= 0.3 is 0 Å². The summed E-state index contributed by atoms with van der Waals surface area (Å²) in [6.07, 6.45) is 7.22. The Balaban J connectivity index is 1.38. The zero-order chi connectivity index (χ0) is 15.7. The molecule has 4 fully saturated rings. The molecule has 0 unspecified atom stereocenters. The summed E-state index contributed by atoms with van der Waals surface area (Å²) >= 11 is 0. The molecule has 8 bridgehead atoms. The van der Waals surface area contributed by atoms with Gasteiger partial charge in [0.05, 0.1) is 17.5 Å². The van der Waals surface area contributed by atoms with Crippen molar-refractivity contribution in [1.29, 1.82) is 0 Å². The second-order valence-corrected chi connectivity index (χ2v) is 8.39. The van der Waals surface area contributed by atoms with E-state index in [2.05, 4.69) is 18.2 Å². The molecule has 0 spiro atoms. The molecule has 1 aromatic carbocycles. The first kappa shape index (κ1) is 12.2. The maximum Gasteiger partial charge on any atom is 0.238 e. The molecule has 3 nitrogen and oxygen atoms in total. The van der Waals surface area contributed by atoms with Crippen LogP contribution in [0.3, 0.4) is 0 Å².